The van der Waals surface area contributed by atoms with Crippen LogP contribution in [-0.4, -0.2) is 26.9 Å². The largest absolute Gasteiger partial charge is 0.497 e. The van der Waals surface area contributed by atoms with Gasteiger partial charge in [-0.15, -0.1) is 0 Å². The zero-order valence-electron chi connectivity index (χ0n) is 12.7. The van der Waals surface area contributed by atoms with Gasteiger partial charge in [0, 0.05) is 6.61 Å². The molecule has 0 amide bonds. The standard InChI is InChI=1S/C18H22O3/c1-3-20-12-13-21-18-10-6-16(7-11-18)14-15-4-8-17(19-2)9-5-15/h4-11H,3,12-14H2,1-2H3. The Balaban J connectivity index is 1.86. The molecule has 2 aromatic rings. The molecule has 3 heteroatoms. The molecule has 3 nitrogen and oxygen atoms in total. The molecule has 0 radical (unpaired) electrons. The lowest BCUT2D eigenvalue weighted by Gasteiger charge is -2.08. The summed E-state index contributed by atoms with van der Waals surface area (Å²) in [7, 11) is 1.68. The molecule has 0 heterocycles. The molecule has 0 aliphatic heterocycles. The second-order valence-electron chi connectivity index (χ2n) is 4.71. The van der Waals surface area contributed by atoms with E-state index in [0.29, 0.717) is 13.2 Å². The predicted octanol–water partition coefficient (Wildman–Crippen LogP) is 3.70. The summed E-state index contributed by atoms with van der Waals surface area (Å²) in [6, 6.07) is 16.4. The number of benzene rings is 2. The van der Waals surface area contributed by atoms with Crippen molar-refractivity contribution in [1.29, 1.82) is 0 Å². The van der Waals surface area contributed by atoms with Gasteiger partial charge in [-0.1, -0.05) is 24.3 Å². The van der Waals surface area contributed by atoms with Crippen LogP contribution in [0.25, 0.3) is 0 Å². The van der Waals surface area contributed by atoms with E-state index in [-0.39, 0.29) is 0 Å². The minimum atomic E-state index is 0.589. The summed E-state index contributed by atoms with van der Waals surface area (Å²) in [4.78, 5) is 0. The van der Waals surface area contributed by atoms with Crippen LogP contribution >= 0.6 is 0 Å². The second-order valence-corrected chi connectivity index (χ2v) is 4.71. The zero-order chi connectivity index (χ0) is 14.9. The number of ether oxygens (including phenoxy) is 3. The second kappa shape index (κ2) is 8.32. The van der Waals surface area contributed by atoms with Gasteiger partial charge in [0.2, 0.25) is 0 Å². The van der Waals surface area contributed by atoms with Crippen molar-refractivity contribution in [3.8, 4) is 11.5 Å². The highest BCUT2D eigenvalue weighted by atomic mass is 16.5. The Kier molecular flexibility index (Phi) is 6.10. The van der Waals surface area contributed by atoms with Crippen LogP contribution in [0.15, 0.2) is 48.5 Å². The van der Waals surface area contributed by atoms with Crippen molar-refractivity contribution in [2.24, 2.45) is 0 Å². The van der Waals surface area contributed by atoms with Crippen LogP contribution in [0.1, 0.15) is 18.1 Å². The average Bonchev–Trinajstić information content (AvgIpc) is 2.54. The van der Waals surface area contributed by atoms with E-state index in [4.69, 9.17) is 14.2 Å². The summed E-state index contributed by atoms with van der Waals surface area (Å²) in [5, 5.41) is 0. The Morgan fingerprint density at radius 1 is 0.762 bits per heavy atom. The van der Waals surface area contributed by atoms with E-state index in [1.165, 1.54) is 11.1 Å². The molecule has 0 saturated carbocycles. The summed E-state index contributed by atoms with van der Waals surface area (Å²) in [5.41, 5.74) is 2.53. The Morgan fingerprint density at radius 3 is 1.86 bits per heavy atom. The molecule has 0 aromatic heterocycles. The molecule has 0 bridgehead atoms. The lowest BCUT2D eigenvalue weighted by atomic mass is 10.0. The Morgan fingerprint density at radius 2 is 1.33 bits per heavy atom. The normalized spacial score (nSPS) is 10.4. The highest BCUT2D eigenvalue weighted by Gasteiger charge is 1.99. The molecule has 2 aromatic carbocycles. The lowest BCUT2D eigenvalue weighted by molar-refractivity contribution is 0.110. The lowest BCUT2D eigenvalue weighted by Crippen LogP contribution is -2.06. The van der Waals surface area contributed by atoms with E-state index in [1.54, 1.807) is 7.11 Å². The highest BCUT2D eigenvalue weighted by molar-refractivity contribution is 5.33. The fourth-order valence-electron chi connectivity index (χ4n) is 2.05. The van der Waals surface area contributed by atoms with Crippen LogP contribution in [0.5, 0.6) is 11.5 Å². The van der Waals surface area contributed by atoms with Gasteiger partial charge in [0.1, 0.15) is 18.1 Å². The van der Waals surface area contributed by atoms with E-state index >= 15 is 0 Å². The minimum absolute atomic E-state index is 0.589. The van der Waals surface area contributed by atoms with Gasteiger partial charge in [-0.25, -0.2) is 0 Å². The molecule has 0 aliphatic carbocycles. The Bertz CT molecular complexity index is 517. The first kappa shape index (κ1) is 15.4. The summed E-state index contributed by atoms with van der Waals surface area (Å²) >= 11 is 0. The number of hydrogen-bond donors (Lipinski definition) is 0. The van der Waals surface area contributed by atoms with Crippen LogP contribution in [0, 0.1) is 0 Å². The fourth-order valence-corrected chi connectivity index (χ4v) is 2.05. The first-order chi connectivity index (χ1) is 10.3. The van der Waals surface area contributed by atoms with E-state index in [0.717, 1.165) is 24.5 Å². The SMILES string of the molecule is CCOCCOc1ccc(Cc2ccc(OC)cc2)cc1. The van der Waals surface area contributed by atoms with Gasteiger partial charge in [0.15, 0.2) is 0 Å². The number of hydrogen-bond acceptors (Lipinski definition) is 3. The molecule has 0 fully saturated rings. The quantitative estimate of drug-likeness (QED) is 0.692. The molecule has 0 saturated heterocycles. The molecular formula is C18H22O3. The van der Waals surface area contributed by atoms with Crippen molar-refractivity contribution in [3.63, 3.8) is 0 Å². The van der Waals surface area contributed by atoms with Gasteiger partial charge in [-0.3, -0.25) is 0 Å². The third-order valence-corrected chi connectivity index (χ3v) is 3.19. The first-order valence-electron chi connectivity index (χ1n) is 7.24. The number of methoxy groups -OCH3 is 1. The van der Waals surface area contributed by atoms with Crippen molar-refractivity contribution in [3.05, 3.63) is 59.7 Å². The van der Waals surface area contributed by atoms with E-state index < -0.39 is 0 Å². The van der Waals surface area contributed by atoms with Crippen LogP contribution in [0.4, 0.5) is 0 Å². The van der Waals surface area contributed by atoms with Crippen molar-refractivity contribution < 1.29 is 14.2 Å². The molecule has 0 N–H and O–H groups in total. The highest BCUT2D eigenvalue weighted by Crippen LogP contribution is 2.17. The molecule has 0 unspecified atom stereocenters. The van der Waals surface area contributed by atoms with Crippen LogP contribution in [0.2, 0.25) is 0 Å². The maximum absolute atomic E-state index is 5.60. The van der Waals surface area contributed by atoms with Gasteiger partial charge in [0.25, 0.3) is 0 Å². The van der Waals surface area contributed by atoms with E-state index in [1.807, 2.05) is 31.2 Å². The smallest absolute Gasteiger partial charge is 0.119 e. The fraction of sp³-hybridized carbons (Fsp3) is 0.333. The molecule has 112 valence electrons. The van der Waals surface area contributed by atoms with Crippen molar-refractivity contribution in [1.82, 2.24) is 0 Å². The van der Waals surface area contributed by atoms with Gasteiger partial charge < -0.3 is 14.2 Å². The summed E-state index contributed by atoms with van der Waals surface area (Å²) in [5.74, 6) is 1.77. The third kappa shape index (κ3) is 5.12. The third-order valence-electron chi connectivity index (χ3n) is 3.19. The Labute approximate surface area is 126 Å². The van der Waals surface area contributed by atoms with Crippen molar-refractivity contribution in [2.45, 2.75) is 13.3 Å². The first-order valence-corrected chi connectivity index (χ1v) is 7.24. The van der Waals surface area contributed by atoms with Crippen LogP contribution in [0.3, 0.4) is 0 Å². The van der Waals surface area contributed by atoms with Crippen molar-refractivity contribution in [2.75, 3.05) is 26.9 Å². The van der Waals surface area contributed by atoms with Gasteiger partial charge >= 0.3 is 0 Å². The molecule has 0 spiro atoms. The summed E-state index contributed by atoms with van der Waals surface area (Å²) in [6.45, 7) is 3.92. The maximum Gasteiger partial charge on any atom is 0.119 e. The minimum Gasteiger partial charge on any atom is -0.497 e. The van der Waals surface area contributed by atoms with Crippen LogP contribution < -0.4 is 9.47 Å². The molecule has 0 atom stereocenters. The Hall–Kier alpha value is -2.00. The average molecular weight is 286 g/mol. The molecule has 0 aliphatic rings. The van der Waals surface area contributed by atoms with E-state index in [2.05, 4.69) is 24.3 Å². The molecular weight excluding hydrogens is 264 g/mol. The predicted molar refractivity (Wildman–Crippen MR) is 84.2 cm³/mol. The molecule has 21 heavy (non-hydrogen) atoms. The zero-order valence-corrected chi connectivity index (χ0v) is 12.7. The van der Waals surface area contributed by atoms with E-state index in [9.17, 15) is 0 Å². The topological polar surface area (TPSA) is 27.7 Å². The van der Waals surface area contributed by atoms with Gasteiger partial charge in [-0.05, 0) is 48.7 Å². The van der Waals surface area contributed by atoms with Crippen molar-refractivity contribution >= 4 is 0 Å². The van der Waals surface area contributed by atoms with Crippen LogP contribution in [-0.2, 0) is 11.2 Å². The summed E-state index contributed by atoms with van der Waals surface area (Å²) < 4.78 is 16.0. The molecule has 2 rings (SSSR count). The van der Waals surface area contributed by atoms with Gasteiger partial charge in [-0.2, -0.15) is 0 Å². The van der Waals surface area contributed by atoms with Gasteiger partial charge in [0.05, 0.1) is 13.7 Å². The summed E-state index contributed by atoms with van der Waals surface area (Å²) in [6.07, 6.45) is 0.906. The maximum atomic E-state index is 5.60. The monoisotopic (exact) mass is 286 g/mol. The number of rotatable bonds is 8.